The molecule has 0 amide bonds. The van der Waals surface area contributed by atoms with Crippen LogP contribution in [0.1, 0.15) is 20.3 Å². The van der Waals surface area contributed by atoms with Crippen LogP contribution in [0.5, 0.6) is 0 Å². The van der Waals surface area contributed by atoms with E-state index in [-0.39, 0.29) is 24.5 Å². The minimum atomic E-state index is -0.424. The van der Waals surface area contributed by atoms with Crippen LogP contribution in [-0.4, -0.2) is 28.9 Å². The third-order valence-corrected chi connectivity index (χ3v) is 3.02. The monoisotopic (exact) mass is 344 g/mol. The third kappa shape index (κ3) is 7.79. The minimum absolute atomic E-state index is 0.0443. The molecule has 0 aliphatic rings. The summed E-state index contributed by atoms with van der Waals surface area (Å²) in [5.74, 6) is -0.742. The quantitative estimate of drug-likeness (QED) is 0.547. The molecule has 0 saturated heterocycles. The minimum Gasteiger partial charge on any atom is -0.465 e. The SMILES string of the molecule is CC(=O)OCC(CCBr)C(Br)OC(C)=O. The molecule has 0 spiro atoms. The summed E-state index contributed by atoms with van der Waals surface area (Å²) in [5.41, 5.74) is 0. The molecular formula is C9H14Br2O4. The summed E-state index contributed by atoms with van der Waals surface area (Å²) in [7, 11) is 0. The highest BCUT2D eigenvalue weighted by atomic mass is 79.9. The molecule has 15 heavy (non-hydrogen) atoms. The maximum absolute atomic E-state index is 10.7. The first-order valence-electron chi connectivity index (χ1n) is 4.48. The fraction of sp³-hybridized carbons (Fsp3) is 0.778. The molecule has 0 radical (unpaired) electrons. The first-order chi connectivity index (χ1) is 6.97. The molecule has 0 aliphatic carbocycles. The van der Waals surface area contributed by atoms with Crippen molar-refractivity contribution in [1.29, 1.82) is 0 Å². The van der Waals surface area contributed by atoms with Crippen molar-refractivity contribution in [1.82, 2.24) is 0 Å². The van der Waals surface area contributed by atoms with Crippen molar-refractivity contribution >= 4 is 43.8 Å². The van der Waals surface area contributed by atoms with Crippen molar-refractivity contribution in [3.63, 3.8) is 0 Å². The summed E-state index contributed by atoms with van der Waals surface area (Å²) in [5, 5.41) is 0.328. The highest BCUT2D eigenvalue weighted by molar-refractivity contribution is 9.09. The lowest BCUT2D eigenvalue weighted by atomic mass is 10.1. The van der Waals surface area contributed by atoms with E-state index < -0.39 is 5.01 Å². The van der Waals surface area contributed by atoms with Gasteiger partial charge in [0.25, 0.3) is 0 Å². The van der Waals surface area contributed by atoms with Crippen LogP contribution in [0.3, 0.4) is 0 Å². The van der Waals surface area contributed by atoms with Crippen molar-refractivity contribution in [2.45, 2.75) is 25.3 Å². The van der Waals surface area contributed by atoms with Crippen LogP contribution < -0.4 is 0 Å². The maximum Gasteiger partial charge on any atom is 0.303 e. The van der Waals surface area contributed by atoms with E-state index in [1.165, 1.54) is 13.8 Å². The zero-order valence-corrected chi connectivity index (χ0v) is 11.8. The summed E-state index contributed by atoms with van der Waals surface area (Å²) in [4.78, 5) is 21.4. The second kappa shape index (κ2) is 8.10. The van der Waals surface area contributed by atoms with E-state index in [1.807, 2.05) is 0 Å². The molecule has 0 N–H and O–H groups in total. The fourth-order valence-electron chi connectivity index (χ4n) is 0.909. The number of esters is 2. The van der Waals surface area contributed by atoms with Crippen molar-refractivity contribution in [3.8, 4) is 0 Å². The normalized spacial score (nSPS) is 14.1. The molecule has 0 aromatic heterocycles. The molecule has 0 heterocycles. The molecule has 0 aromatic rings. The Hall–Kier alpha value is -0.100. The van der Waals surface area contributed by atoms with Crippen LogP contribution in [0.25, 0.3) is 0 Å². The molecule has 2 unspecified atom stereocenters. The van der Waals surface area contributed by atoms with Crippen LogP contribution >= 0.6 is 31.9 Å². The Morgan fingerprint density at radius 1 is 1.27 bits per heavy atom. The smallest absolute Gasteiger partial charge is 0.303 e. The van der Waals surface area contributed by atoms with Gasteiger partial charge in [-0.15, -0.1) is 0 Å². The average Bonchev–Trinajstić information content (AvgIpc) is 2.10. The van der Waals surface area contributed by atoms with Crippen molar-refractivity contribution in [2.75, 3.05) is 11.9 Å². The molecule has 0 aliphatic heterocycles. The van der Waals surface area contributed by atoms with Gasteiger partial charge in [-0.2, -0.15) is 0 Å². The van der Waals surface area contributed by atoms with Crippen LogP contribution in [0.2, 0.25) is 0 Å². The molecule has 2 atom stereocenters. The molecule has 0 fully saturated rings. The molecule has 0 saturated carbocycles. The van der Waals surface area contributed by atoms with Crippen LogP contribution in [-0.2, 0) is 19.1 Å². The Morgan fingerprint density at radius 3 is 2.27 bits per heavy atom. The Labute approximate surface area is 106 Å². The maximum atomic E-state index is 10.7. The van der Waals surface area contributed by atoms with Gasteiger partial charge in [0, 0.05) is 25.1 Å². The second-order valence-electron chi connectivity index (χ2n) is 3.00. The topological polar surface area (TPSA) is 52.6 Å². The van der Waals surface area contributed by atoms with E-state index in [0.717, 1.165) is 11.8 Å². The predicted molar refractivity (Wildman–Crippen MR) is 63.0 cm³/mol. The lowest BCUT2D eigenvalue weighted by Crippen LogP contribution is -2.26. The summed E-state index contributed by atoms with van der Waals surface area (Å²) >= 11 is 6.53. The number of hydrogen-bond donors (Lipinski definition) is 0. The van der Waals surface area contributed by atoms with E-state index in [1.54, 1.807) is 0 Å². The van der Waals surface area contributed by atoms with Crippen LogP contribution in [0.4, 0.5) is 0 Å². The van der Waals surface area contributed by atoms with Crippen molar-refractivity contribution in [2.24, 2.45) is 5.92 Å². The molecule has 0 bridgehead atoms. The van der Waals surface area contributed by atoms with Gasteiger partial charge in [0.2, 0.25) is 0 Å². The Kier molecular flexibility index (Phi) is 8.04. The zero-order chi connectivity index (χ0) is 11.8. The molecule has 6 heteroatoms. The molecule has 4 nitrogen and oxygen atoms in total. The molecule has 88 valence electrons. The second-order valence-corrected chi connectivity index (χ2v) is 4.70. The highest BCUT2D eigenvalue weighted by Crippen LogP contribution is 2.20. The number of carbonyl (C=O) groups excluding carboxylic acids is 2. The van der Waals surface area contributed by atoms with Gasteiger partial charge in [-0.05, 0) is 22.4 Å². The van der Waals surface area contributed by atoms with Crippen LogP contribution in [0.15, 0.2) is 0 Å². The van der Waals surface area contributed by atoms with Gasteiger partial charge in [0.05, 0.1) is 6.61 Å². The van der Waals surface area contributed by atoms with Crippen molar-refractivity contribution < 1.29 is 19.1 Å². The first-order valence-corrected chi connectivity index (χ1v) is 6.51. The molecule has 0 rings (SSSR count). The number of carbonyl (C=O) groups is 2. The van der Waals surface area contributed by atoms with Gasteiger partial charge in [-0.1, -0.05) is 15.9 Å². The third-order valence-electron chi connectivity index (χ3n) is 1.63. The van der Waals surface area contributed by atoms with Gasteiger partial charge in [-0.3, -0.25) is 9.59 Å². The van der Waals surface area contributed by atoms with Gasteiger partial charge in [0.1, 0.15) is 0 Å². The number of ether oxygens (including phenoxy) is 2. The number of halogens is 2. The zero-order valence-electron chi connectivity index (χ0n) is 8.66. The fourth-order valence-corrected chi connectivity index (χ4v) is 2.18. The summed E-state index contributed by atoms with van der Waals surface area (Å²) in [6.45, 7) is 2.93. The lowest BCUT2D eigenvalue weighted by Gasteiger charge is -2.20. The van der Waals surface area contributed by atoms with Crippen molar-refractivity contribution in [3.05, 3.63) is 0 Å². The summed E-state index contributed by atoms with van der Waals surface area (Å²) in [6, 6.07) is 0. The Bertz CT molecular complexity index is 220. The van der Waals surface area contributed by atoms with Gasteiger partial charge in [0.15, 0.2) is 5.01 Å². The van der Waals surface area contributed by atoms with E-state index in [2.05, 4.69) is 31.9 Å². The largest absolute Gasteiger partial charge is 0.465 e. The Morgan fingerprint density at radius 2 is 1.87 bits per heavy atom. The summed E-state index contributed by atoms with van der Waals surface area (Å²) in [6.07, 6.45) is 0.747. The molecular weight excluding hydrogens is 332 g/mol. The number of hydrogen-bond acceptors (Lipinski definition) is 4. The first kappa shape index (κ1) is 14.9. The van der Waals surface area contributed by atoms with Crippen LogP contribution in [0, 0.1) is 5.92 Å². The highest BCUT2D eigenvalue weighted by Gasteiger charge is 2.22. The number of alkyl halides is 2. The number of rotatable bonds is 6. The lowest BCUT2D eigenvalue weighted by molar-refractivity contribution is -0.147. The van der Waals surface area contributed by atoms with E-state index >= 15 is 0 Å². The average molecular weight is 346 g/mol. The van der Waals surface area contributed by atoms with Gasteiger partial charge < -0.3 is 9.47 Å². The van der Waals surface area contributed by atoms with Gasteiger partial charge in [-0.25, -0.2) is 0 Å². The predicted octanol–water partition coefficient (Wildman–Crippen LogP) is 2.23. The Balaban J connectivity index is 4.10. The van der Waals surface area contributed by atoms with E-state index in [4.69, 9.17) is 9.47 Å². The van der Waals surface area contributed by atoms with Gasteiger partial charge >= 0.3 is 11.9 Å². The standard InChI is InChI=1S/C9H14Br2O4/c1-6(12)14-5-8(3-4-10)9(11)15-7(2)13/h8-9H,3-5H2,1-2H3. The summed E-state index contributed by atoms with van der Waals surface area (Å²) < 4.78 is 9.84. The van der Waals surface area contributed by atoms with E-state index in [0.29, 0.717) is 0 Å². The van der Waals surface area contributed by atoms with E-state index in [9.17, 15) is 9.59 Å². The molecule has 0 aromatic carbocycles.